The number of terminal acetylenes is 1. The molecule has 0 radical (unpaired) electrons. The van der Waals surface area contributed by atoms with Crippen molar-refractivity contribution in [1.82, 2.24) is 4.90 Å². The number of amides is 1. The Morgan fingerprint density at radius 2 is 2.33 bits per heavy atom. The maximum absolute atomic E-state index is 11.4. The Morgan fingerprint density at radius 1 is 1.75 bits per heavy atom. The summed E-state index contributed by atoms with van der Waals surface area (Å²) in [7, 11) is 1.69. The number of nitrogens with two attached hydrogens (primary N) is 1. The Hall–Kier alpha value is -1.01. The average molecular weight is 168 g/mol. The van der Waals surface area contributed by atoms with Crippen molar-refractivity contribution in [3.8, 4) is 12.3 Å². The second-order valence-electron chi connectivity index (χ2n) is 2.74. The molecule has 68 valence electrons. The highest BCUT2D eigenvalue weighted by molar-refractivity contribution is 5.79. The van der Waals surface area contributed by atoms with Crippen LogP contribution in [-0.4, -0.2) is 30.9 Å². The monoisotopic (exact) mass is 168 g/mol. The van der Waals surface area contributed by atoms with Crippen LogP contribution in [0.5, 0.6) is 0 Å². The molecule has 0 aliphatic rings. The first kappa shape index (κ1) is 11.0. The van der Waals surface area contributed by atoms with Gasteiger partial charge in [-0.25, -0.2) is 0 Å². The van der Waals surface area contributed by atoms with Gasteiger partial charge in [0.05, 0.1) is 12.5 Å². The number of nitrogens with zero attached hydrogens (tertiary/aromatic N) is 1. The maximum Gasteiger partial charge on any atom is 0.227 e. The molecule has 0 fully saturated rings. The molecule has 12 heavy (non-hydrogen) atoms. The van der Waals surface area contributed by atoms with E-state index in [0.717, 1.165) is 6.42 Å². The molecule has 1 atom stereocenters. The molecule has 0 aliphatic heterocycles. The minimum absolute atomic E-state index is 0.0398. The third-order valence-corrected chi connectivity index (χ3v) is 1.83. The topological polar surface area (TPSA) is 46.3 Å². The van der Waals surface area contributed by atoms with Gasteiger partial charge in [-0.3, -0.25) is 4.79 Å². The lowest BCUT2D eigenvalue weighted by atomic mass is 10.1. The van der Waals surface area contributed by atoms with E-state index in [2.05, 4.69) is 5.92 Å². The minimum atomic E-state index is -0.0802. The molecule has 0 saturated heterocycles. The lowest BCUT2D eigenvalue weighted by Crippen LogP contribution is -2.36. The summed E-state index contributed by atoms with van der Waals surface area (Å²) < 4.78 is 0. The summed E-state index contributed by atoms with van der Waals surface area (Å²) in [6.07, 6.45) is 5.84. The fourth-order valence-electron chi connectivity index (χ4n) is 0.969. The molecule has 0 aromatic carbocycles. The van der Waals surface area contributed by atoms with Crippen LogP contribution in [0, 0.1) is 18.3 Å². The van der Waals surface area contributed by atoms with E-state index in [0.29, 0.717) is 13.1 Å². The summed E-state index contributed by atoms with van der Waals surface area (Å²) in [6.45, 7) is 2.69. The zero-order chi connectivity index (χ0) is 9.56. The molecule has 0 aromatic rings. The number of carbonyl (C=O) groups is 1. The summed E-state index contributed by atoms with van der Waals surface area (Å²) in [5.74, 6) is 2.38. The summed E-state index contributed by atoms with van der Waals surface area (Å²) in [5, 5.41) is 0. The zero-order valence-corrected chi connectivity index (χ0v) is 7.71. The third-order valence-electron chi connectivity index (χ3n) is 1.83. The van der Waals surface area contributed by atoms with E-state index in [-0.39, 0.29) is 11.8 Å². The fourth-order valence-corrected chi connectivity index (χ4v) is 0.969. The molecule has 2 N–H and O–H groups in total. The van der Waals surface area contributed by atoms with E-state index < -0.39 is 0 Å². The van der Waals surface area contributed by atoms with Gasteiger partial charge >= 0.3 is 0 Å². The molecular formula is C9H16N2O. The Bertz CT molecular complexity index is 179. The molecule has 0 heterocycles. The van der Waals surface area contributed by atoms with Crippen molar-refractivity contribution in [3.63, 3.8) is 0 Å². The van der Waals surface area contributed by atoms with Crippen molar-refractivity contribution in [3.05, 3.63) is 0 Å². The van der Waals surface area contributed by atoms with Gasteiger partial charge in [-0.2, -0.15) is 0 Å². The predicted octanol–water partition coefficient (Wildman–Crippen LogP) is 0.0629. The third kappa shape index (κ3) is 2.93. The van der Waals surface area contributed by atoms with E-state index in [9.17, 15) is 4.79 Å². The molecule has 0 aliphatic carbocycles. The SMILES string of the molecule is C#CCN(C)C(=O)C(CC)CN. The van der Waals surface area contributed by atoms with Crippen LogP contribution in [0.25, 0.3) is 0 Å². The quantitative estimate of drug-likeness (QED) is 0.603. The standard InChI is InChI=1S/C9H16N2O/c1-4-6-11(3)9(12)8(5-2)7-10/h1,8H,5-7,10H2,2-3H3. The van der Waals surface area contributed by atoms with Crippen molar-refractivity contribution >= 4 is 5.91 Å². The van der Waals surface area contributed by atoms with Gasteiger partial charge in [-0.05, 0) is 6.42 Å². The van der Waals surface area contributed by atoms with Gasteiger partial charge in [0.15, 0.2) is 0 Å². The highest BCUT2D eigenvalue weighted by Crippen LogP contribution is 2.03. The number of rotatable bonds is 4. The van der Waals surface area contributed by atoms with Crippen LogP contribution in [0.2, 0.25) is 0 Å². The second kappa shape index (κ2) is 5.62. The molecule has 0 aromatic heterocycles. The van der Waals surface area contributed by atoms with Crippen LogP contribution < -0.4 is 5.73 Å². The van der Waals surface area contributed by atoms with Crippen LogP contribution >= 0.6 is 0 Å². The van der Waals surface area contributed by atoms with Crippen molar-refractivity contribution < 1.29 is 4.79 Å². The van der Waals surface area contributed by atoms with Crippen LogP contribution in [0.4, 0.5) is 0 Å². The molecule has 0 spiro atoms. The summed E-state index contributed by atoms with van der Waals surface area (Å²) in [4.78, 5) is 13.0. The Kier molecular flexibility index (Phi) is 5.14. The summed E-state index contributed by atoms with van der Waals surface area (Å²) in [6, 6.07) is 0. The van der Waals surface area contributed by atoms with Gasteiger partial charge in [0.1, 0.15) is 0 Å². The largest absolute Gasteiger partial charge is 0.334 e. The smallest absolute Gasteiger partial charge is 0.227 e. The Labute approximate surface area is 73.9 Å². The second-order valence-corrected chi connectivity index (χ2v) is 2.74. The lowest BCUT2D eigenvalue weighted by Gasteiger charge is -2.19. The number of carbonyl (C=O) groups excluding carboxylic acids is 1. The van der Waals surface area contributed by atoms with Crippen molar-refractivity contribution in [1.29, 1.82) is 0 Å². The number of hydrogen-bond donors (Lipinski definition) is 1. The van der Waals surface area contributed by atoms with Gasteiger partial charge in [-0.1, -0.05) is 12.8 Å². The molecule has 0 saturated carbocycles. The van der Waals surface area contributed by atoms with Gasteiger partial charge in [0, 0.05) is 13.6 Å². The summed E-state index contributed by atoms with van der Waals surface area (Å²) in [5.41, 5.74) is 5.42. The lowest BCUT2D eigenvalue weighted by molar-refractivity contribution is -0.133. The molecule has 1 amide bonds. The van der Waals surface area contributed by atoms with Gasteiger partial charge in [0.25, 0.3) is 0 Å². The van der Waals surface area contributed by atoms with Crippen LogP contribution in [0.1, 0.15) is 13.3 Å². The van der Waals surface area contributed by atoms with E-state index >= 15 is 0 Å². The van der Waals surface area contributed by atoms with Crippen LogP contribution in [0.3, 0.4) is 0 Å². The maximum atomic E-state index is 11.4. The van der Waals surface area contributed by atoms with Crippen molar-refractivity contribution in [2.24, 2.45) is 11.7 Å². The summed E-state index contributed by atoms with van der Waals surface area (Å²) >= 11 is 0. The zero-order valence-electron chi connectivity index (χ0n) is 7.71. The Balaban J connectivity index is 4.08. The predicted molar refractivity (Wildman–Crippen MR) is 49.3 cm³/mol. The van der Waals surface area contributed by atoms with Gasteiger partial charge in [0.2, 0.25) is 5.91 Å². The highest BCUT2D eigenvalue weighted by Gasteiger charge is 2.17. The van der Waals surface area contributed by atoms with Crippen LogP contribution in [-0.2, 0) is 4.79 Å². The van der Waals surface area contributed by atoms with Crippen molar-refractivity contribution in [2.45, 2.75) is 13.3 Å². The first-order chi connectivity index (χ1) is 5.67. The van der Waals surface area contributed by atoms with Gasteiger partial charge in [-0.15, -0.1) is 6.42 Å². The average Bonchev–Trinajstić information content (AvgIpc) is 2.07. The molecular weight excluding hydrogens is 152 g/mol. The minimum Gasteiger partial charge on any atom is -0.334 e. The van der Waals surface area contributed by atoms with Crippen LogP contribution in [0.15, 0.2) is 0 Å². The van der Waals surface area contributed by atoms with E-state index in [4.69, 9.17) is 12.2 Å². The first-order valence-corrected chi connectivity index (χ1v) is 4.05. The van der Waals surface area contributed by atoms with E-state index in [1.54, 1.807) is 7.05 Å². The number of hydrogen-bond acceptors (Lipinski definition) is 2. The molecule has 0 rings (SSSR count). The normalized spacial score (nSPS) is 11.8. The molecule has 3 nitrogen and oxygen atoms in total. The molecule has 0 bridgehead atoms. The van der Waals surface area contributed by atoms with Crippen molar-refractivity contribution in [2.75, 3.05) is 20.1 Å². The van der Waals surface area contributed by atoms with Gasteiger partial charge < -0.3 is 10.6 Å². The Morgan fingerprint density at radius 3 is 2.67 bits per heavy atom. The molecule has 3 heteroatoms. The molecule has 1 unspecified atom stereocenters. The highest BCUT2D eigenvalue weighted by atomic mass is 16.2. The van der Waals surface area contributed by atoms with E-state index in [1.165, 1.54) is 4.90 Å². The first-order valence-electron chi connectivity index (χ1n) is 4.05. The van der Waals surface area contributed by atoms with E-state index in [1.807, 2.05) is 6.92 Å². The fraction of sp³-hybridized carbons (Fsp3) is 0.667.